The van der Waals surface area contributed by atoms with Gasteiger partial charge in [0.15, 0.2) is 0 Å². The van der Waals surface area contributed by atoms with Crippen LogP contribution in [0.15, 0.2) is 0 Å². The number of hydrogen-bond donors (Lipinski definition) is 1. The van der Waals surface area contributed by atoms with Crippen molar-refractivity contribution in [3.63, 3.8) is 0 Å². The smallest absolute Gasteiger partial charge is 0.321 e. The molecule has 0 radical (unpaired) electrons. The van der Waals surface area contributed by atoms with Crippen LogP contribution >= 0.6 is 0 Å². The number of aliphatic carboxylic acids is 1. The number of piperidine rings is 1. The first-order chi connectivity index (χ1) is 8.00. The third-order valence-corrected chi connectivity index (χ3v) is 4.57. The topological polar surface area (TPSA) is 40.5 Å². The molecule has 3 heteroatoms. The third kappa shape index (κ3) is 2.82. The van der Waals surface area contributed by atoms with Crippen LogP contribution in [0.3, 0.4) is 0 Å². The highest BCUT2D eigenvalue weighted by Crippen LogP contribution is 2.37. The normalized spacial score (nSPS) is 30.6. The molecule has 1 aliphatic carbocycles. The van der Waals surface area contributed by atoms with Gasteiger partial charge in [0.05, 0.1) is 0 Å². The van der Waals surface area contributed by atoms with E-state index >= 15 is 0 Å². The number of carboxylic acid groups (broad SMARTS) is 1. The van der Waals surface area contributed by atoms with Crippen molar-refractivity contribution in [3.8, 4) is 0 Å². The van der Waals surface area contributed by atoms with E-state index < -0.39 is 5.97 Å². The molecule has 1 atom stereocenters. The van der Waals surface area contributed by atoms with Gasteiger partial charge in [-0.25, -0.2) is 0 Å². The molecule has 1 N–H and O–H groups in total. The minimum absolute atomic E-state index is 0.0807. The average molecular weight is 239 g/mol. The number of rotatable bonds is 3. The molecular formula is C14H25NO2. The van der Waals surface area contributed by atoms with Crippen molar-refractivity contribution in [3.05, 3.63) is 0 Å². The van der Waals surface area contributed by atoms with Crippen LogP contribution in [-0.2, 0) is 4.79 Å². The summed E-state index contributed by atoms with van der Waals surface area (Å²) in [6.07, 6.45) is 7.43. The SMILES string of the molecule is CC1(C)CCCN(CC2CCCC2)C1C(=O)O. The van der Waals surface area contributed by atoms with Gasteiger partial charge in [-0.3, -0.25) is 9.69 Å². The molecule has 98 valence electrons. The first-order valence-corrected chi connectivity index (χ1v) is 6.97. The molecule has 2 fully saturated rings. The minimum Gasteiger partial charge on any atom is -0.480 e. The Balaban J connectivity index is 2.04. The first kappa shape index (κ1) is 12.9. The fourth-order valence-electron chi connectivity index (χ4n) is 3.71. The van der Waals surface area contributed by atoms with Crippen LogP contribution in [0.4, 0.5) is 0 Å². The summed E-state index contributed by atoms with van der Waals surface area (Å²) in [5.74, 6) is 0.110. The number of carboxylic acids is 1. The summed E-state index contributed by atoms with van der Waals surface area (Å²) in [4.78, 5) is 13.8. The van der Waals surface area contributed by atoms with Crippen LogP contribution in [0.1, 0.15) is 52.4 Å². The molecule has 0 amide bonds. The molecule has 1 unspecified atom stereocenters. The number of carbonyl (C=O) groups is 1. The molecule has 1 saturated carbocycles. The molecule has 0 spiro atoms. The second-order valence-corrected chi connectivity index (χ2v) is 6.48. The second-order valence-electron chi connectivity index (χ2n) is 6.48. The van der Waals surface area contributed by atoms with Crippen molar-refractivity contribution in [2.45, 2.75) is 58.4 Å². The maximum absolute atomic E-state index is 11.5. The molecule has 2 aliphatic rings. The molecule has 0 aromatic carbocycles. The zero-order valence-electron chi connectivity index (χ0n) is 11.1. The molecule has 1 saturated heterocycles. The van der Waals surface area contributed by atoms with Crippen molar-refractivity contribution >= 4 is 5.97 Å². The van der Waals surface area contributed by atoms with Crippen molar-refractivity contribution in [2.75, 3.05) is 13.1 Å². The Hall–Kier alpha value is -0.570. The molecule has 0 aromatic rings. The van der Waals surface area contributed by atoms with Crippen molar-refractivity contribution in [1.29, 1.82) is 0 Å². The lowest BCUT2D eigenvalue weighted by Crippen LogP contribution is -2.55. The van der Waals surface area contributed by atoms with Gasteiger partial charge in [0, 0.05) is 6.54 Å². The Kier molecular flexibility index (Phi) is 3.76. The quantitative estimate of drug-likeness (QED) is 0.823. The minimum atomic E-state index is -0.632. The number of likely N-dealkylation sites (tertiary alicyclic amines) is 1. The highest BCUT2D eigenvalue weighted by atomic mass is 16.4. The molecule has 1 aliphatic heterocycles. The predicted octanol–water partition coefficient (Wildman–Crippen LogP) is 2.75. The van der Waals surface area contributed by atoms with Gasteiger partial charge >= 0.3 is 5.97 Å². The second kappa shape index (κ2) is 4.97. The van der Waals surface area contributed by atoms with Gasteiger partial charge in [-0.15, -0.1) is 0 Å². The predicted molar refractivity (Wildman–Crippen MR) is 68.0 cm³/mol. The Bertz CT molecular complexity index is 282. The Morgan fingerprint density at radius 1 is 1.29 bits per heavy atom. The molecule has 2 rings (SSSR count). The third-order valence-electron chi connectivity index (χ3n) is 4.57. The number of hydrogen-bond acceptors (Lipinski definition) is 2. The van der Waals surface area contributed by atoms with Crippen LogP contribution < -0.4 is 0 Å². The van der Waals surface area contributed by atoms with E-state index in [1.54, 1.807) is 0 Å². The standard InChI is InChI=1S/C14H25NO2/c1-14(2)8-5-9-15(12(14)13(16)17)10-11-6-3-4-7-11/h11-12H,3-10H2,1-2H3,(H,16,17). The Morgan fingerprint density at radius 3 is 2.53 bits per heavy atom. The fraction of sp³-hybridized carbons (Fsp3) is 0.929. The summed E-state index contributed by atoms with van der Waals surface area (Å²) < 4.78 is 0. The molecule has 3 nitrogen and oxygen atoms in total. The van der Waals surface area contributed by atoms with Gasteiger partial charge in [-0.1, -0.05) is 26.7 Å². The van der Waals surface area contributed by atoms with Crippen molar-refractivity contribution in [1.82, 2.24) is 4.90 Å². The van der Waals surface area contributed by atoms with Crippen molar-refractivity contribution < 1.29 is 9.90 Å². The lowest BCUT2D eigenvalue weighted by Gasteiger charge is -2.44. The fourth-order valence-corrected chi connectivity index (χ4v) is 3.71. The van der Waals surface area contributed by atoms with Gasteiger partial charge < -0.3 is 5.11 Å². The van der Waals surface area contributed by atoms with Crippen LogP contribution in [0.5, 0.6) is 0 Å². The van der Waals surface area contributed by atoms with Gasteiger partial charge in [0.2, 0.25) is 0 Å². The molecular weight excluding hydrogens is 214 g/mol. The van der Waals surface area contributed by atoms with E-state index in [1.165, 1.54) is 25.7 Å². The number of nitrogens with zero attached hydrogens (tertiary/aromatic N) is 1. The molecule has 0 aromatic heterocycles. The zero-order valence-corrected chi connectivity index (χ0v) is 11.1. The van der Waals surface area contributed by atoms with Gasteiger partial charge in [0.1, 0.15) is 6.04 Å². The van der Waals surface area contributed by atoms with E-state index in [0.29, 0.717) is 0 Å². The van der Waals surface area contributed by atoms with Crippen LogP contribution in [-0.4, -0.2) is 35.1 Å². The summed E-state index contributed by atoms with van der Waals surface area (Å²) in [7, 11) is 0. The van der Waals surface area contributed by atoms with Gasteiger partial charge in [-0.2, -0.15) is 0 Å². The lowest BCUT2D eigenvalue weighted by molar-refractivity contribution is -0.151. The van der Waals surface area contributed by atoms with E-state index in [4.69, 9.17) is 0 Å². The molecule has 17 heavy (non-hydrogen) atoms. The zero-order chi connectivity index (χ0) is 12.5. The summed E-state index contributed by atoms with van der Waals surface area (Å²) in [5.41, 5.74) is -0.0807. The van der Waals surface area contributed by atoms with E-state index in [0.717, 1.165) is 31.8 Å². The average Bonchev–Trinajstić information content (AvgIpc) is 2.68. The molecule has 1 heterocycles. The maximum Gasteiger partial charge on any atom is 0.321 e. The molecule has 0 bridgehead atoms. The van der Waals surface area contributed by atoms with Gasteiger partial charge in [-0.05, 0) is 43.6 Å². The Morgan fingerprint density at radius 2 is 1.94 bits per heavy atom. The van der Waals surface area contributed by atoms with Crippen molar-refractivity contribution in [2.24, 2.45) is 11.3 Å². The highest BCUT2D eigenvalue weighted by molar-refractivity contribution is 5.74. The first-order valence-electron chi connectivity index (χ1n) is 6.97. The largest absolute Gasteiger partial charge is 0.480 e. The monoisotopic (exact) mass is 239 g/mol. The Labute approximate surface area is 104 Å². The lowest BCUT2D eigenvalue weighted by atomic mass is 9.76. The summed E-state index contributed by atoms with van der Waals surface area (Å²) in [6, 6.07) is -0.281. The maximum atomic E-state index is 11.5. The summed E-state index contributed by atoms with van der Waals surface area (Å²) in [6.45, 7) is 6.18. The van der Waals surface area contributed by atoms with Crippen LogP contribution in [0.25, 0.3) is 0 Å². The highest BCUT2D eigenvalue weighted by Gasteiger charge is 2.42. The van der Waals surface area contributed by atoms with E-state index in [2.05, 4.69) is 18.7 Å². The summed E-state index contributed by atoms with van der Waals surface area (Å²) in [5, 5.41) is 9.48. The van der Waals surface area contributed by atoms with Crippen LogP contribution in [0, 0.1) is 11.3 Å². The van der Waals surface area contributed by atoms with Crippen LogP contribution in [0.2, 0.25) is 0 Å². The van der Waals surface area contributed by atoms with E-state index in [1.807, 2.05) is 0 Å². The van der Waals surface area contributed by atoms with Gasteiger partial charge in [0.25, 0.3) is 0 Å². The summed E-state index contributed by atoms with van der Waals surface area (Å²) >= 11 is 0. The van der Waals surface area contributed by atoms with E-state index in [9.17, 15) is 9.90 Å². The van der Waals surface area contributed by atoms with E-state index in [-0.39, 0.29) is 11.5 Å².